The maximum Gasteiger partial charge on any atom is 0.332 e. The molecular formula is C21H25N5O7S. The van der Waals surface area contributed by atoms with Crippen LogP contribution in [0.5, 0.6) is 0 Å². The summed E-state index contributed by atoms with van der Waals surface area (Å²) in [7, 11) is -2.56. The van der Waals surface area contributed by atoms with E-state index in [0.29, 0.717) is 5.56 Å². The number of ether oxygens (including phenoxy) is 1. The normalized spacial score (nSPS) is 16.2. The Morgan fingerprint density at radius 1 is 1.18 bits per heavy atom. The summed E-state index contributed by atoms with van der Waals surface area (Å²) >= 11 is 0. The number of hydrogen-bond donors (Lipinski definition) is 2. The molecule has 1 aliphatic heterocycles. The third-order valence-electron chi connectivity index (χ3n) is 5.08. The Bertz CT molecular complexity index is 1420. The average Bonchev–Trinajstić information content (AvgIpc) is 3.03. The maximum absolute atomic E-state index is 12.7. The molecule has 0 radical (unpaired) electrons. The van der Waals surface area contributed by atoms with Crippen LogP contribution in [0.15, 0.2) is 43.7 Å². The van der Waals surface area contributed by atoms with E-state index in [2.05, 4.69) is 9.71 Å². The number of esters is 1. The highest BCUT2D eigenvalue weighted by molar-refractivity contribution is 7.90. The highest BCUT2D eigenvalue weighted by atomic mass is 32.2. The fourth-order valence-electron chi connectivity index (χ4n) is 3.39. The van der Waals surface area contributed by atoms with E-state index in [0.717, 1.165) is 9.13 Å². The van der Waals surface area contributed by atoms with Crippen LogP contribution in [0, 0.1) is 5.92 Å². The summed E-state index contributed by atoms with van der Waals surface area (Å²) in [5, 5.41) is 0. The molecule has 2 heterocycles. The van der Waals surface area contributed by atoms with Crippen molar-refractivity contribution < 1.29 is 22.7 Å². The number of aromatic nitrogens is 2. The van der Waals surface area contributed by atoms with Crippen molar-refractivity contribution in [3.63, 3.8) is 0 Å². The van der Waals surface area contributed by atoms with E-state index in [1.807, 2.05) is 13.8 Å². The number of aliphatic imine (C=N–C) groups is 1. The molecule has 0 fully saturated rings. The third-order valence-corrected chi connectivity index (χ3v) is 6.48. The highest BCUT2D eigenvalue weighted by Gasteiger charge is 2.31. The van der Waals surface area contributed by atoms with Crippen molar-refractivity contribution in [2.24, 2.45) is 18.0 Å². The fourth-order valence-corrected chi connectivity index (χ4v) is 4.63. The second-order valence-corrected chi connectivity index (χ2v) is 9.85. The van der Waals surface area contributed by atoms with Crippen LogP contribution >= 0.6 is 0 Å². The molecule has 1 aromatic heterocycles. The zero-order chi connectivity index (χ0) is 25.4. The zero-order valence-electron chi connectivity index (χ0n) is 19.1. The number of fused-ring (bicyclic) bond motifs is 1. The van der Waals surface area contributed by atoms with Gasteiger partial charge >= 0.3 is 11.7 Å². The van der Waals surface area contributed by atoms with E-state index in [4.69, 9.17) is 10.5 Å². The van der Waals surface area contributed by atoms with Crippen molar-refractivity contribution in [1.29, 1.82) is 0 Å². The molecule has 12 nitrogen and oxygen atoms in total. The number of benzene rings is 1. The molecule has 0 unspecified atom stereocenters. The predicted molar refractivity (Wildman–Crippen MR) is 123 cm³/mol. The first-order chi connectivity index (χ1) is 15.8. The van der Waals surface area contributed by atoms with E-state index in [1.54, 1.807) is 12.1 Å². The minimum atomic E-state index is -3.78. The Hall–Kier alpha value is -3.74. The second-order valence-electron chi connectivity index (χ2n) is 8.20. The summed E-state index contributed by atoms with van der Waals surface area (Å²) in [6.45, 7) is 4.42. The number of amidine groups is 1. The molecule has 34 heavy (non-hydrogen) atoms. The van der Waals surface area contributed by atoms with E-state index >= 15 is 0 Å². The number of sulfonamides is 1. The number of anilines is 1. The molecule has 182 valence electrons. The zero-order valence-corrected chi connectivity index (χ0v) is 19.9. The highest BCUT2D eigenvalue weighted by Crippen LogP contribution is 2.22. The van der Waals surface area contributed by atoms with Crippen LogP contribution in [0.25, 0.3) is 0 Å². The molecule has 1 atom stereocenters. The van der Waals surface area contributed by atoms with E-state index in [-0.39, 0.29) is 29.0 Å². The number of carbonyl (C=O) groups is 2. The van der Waals surface area contributed by atoms with Gasteiger partial charge in [0.25, 0.3) is 15.6 Å². The number of carbonyl (C=O) groups excluding carboxylic acids is 2. The first-order valence-corrected chi connectivity index (χ1v) is 11.8. The lowest BCUT2D eigenvalue weighted by atomic mass is 10.1. The quantitative estimate of drug-likeness (QED) is 0.390. The molecule has 0 saturated heterocycles. The minimum Gasteiger partial charge on any atom is -0.456 e. The van der Waals surface area contributed by atoms with Gasteiger partial charge in [0.1, 0.15) is 23.3 Å². The fraction of sp³-hybridized carbons (Fsp3) is 0.381. The largest absolute Gasteiger partial charge is 0.456 e. The van der Waals surface area contributed by atoms with Crippen LogP contribution in [0.1, 0.15) is 36.7 Å². The molecule has 13 heteroatoms. The van der Waals surface area contributed by atoms with E-state index in [1.165, 1.54) is 26.1 Å². The van der Waals surface area contributed by atoms with Gasteiger partial charge in [0, 0.05) is 19.2 Å². The van der Waals surface area contributed by atoms with E-state index in [9.17, 15) is 27.6 Å². The molecule has 0 aliphatic carbocycles. The van der Waals surface area contributed by atoms with E-state index < -0.39 is 51.2 Å². The van der Waals surface area contributed by atoms with Gasteiger partial charge in [-0.05, 0) is 25.0 Å². The molecule has 0 saturated carbocycles. The average molecular weight is 492 g/mol. The topological polar surface area (TPSA) is 172 Å². The molecular weight excluding hydrogens is 466 g/mol. The van der Waals surface area contributed by atoms with Gasteiger partial charge in [-0.1, -0.05) is 26.0 Å². The first-order valence-electron chi connectivity index (χ1n) is 10.3. The van der Waals surface area contributed by atoms with Crippen molar-refractivity contribution >= 4 is 33.4 Å². The van der Waals surface area contributed by atoms with Gasteiger partial charge in [-0.3, -0.25) is 28.4 Å². The van der Waals surface area contributed by atoms with Gasteiger partial charge in [0.2, 0.25) is 5.78 Å². The van der Waals surface area contributed by atoms with Crippen molar-refractivity contribution in [2.75, 3.05) is 12.3 Å². The summed E-state index contributed by atoms with van der Waals surface area (Å²) in [4.78, 5) is 54.1. The molecule has 3 rings (SSSR count). The Morgan fingerprint density at radius 2 is 1.82 bits per heavy atom. The standard InChI is InChI=1S/C21H25N5O7S/c1-11(2)9-26-17(22)16(19(28)25(4)21(26)30)14(27)10-33-20(29)12(3)23-18-13-7-5-6-8-15(13)34(31,32)24-18/h5-8,11-12H,9-10,22H2,1-4H3,(H,23,24)/t12-/m1/s1. The van der Waals surface area contributed by atoms with Gasteiger partial charge in [-0.15, -0.1) is 0 Å². The number of ketones is 1. The van der Waals surface area contributed by atoms with Gasteiger partial charge in [0.15, 0.2) is 6.61 Å². The monoisotopic (exact) mass is 491 g/mol. The summed E-state index contributed by atoms with van der Waals surface area (Å²) in [5.41, 5.74) is 4.25. The molecule has 1 aliphatic rings. The van der Waals surface area contributed by atoms with Crippen LogP contribution in [-0.2, 0) is 33.1 Å². The van der Waals surface area contributed by atoms with Gasteiger partial charge in [-0.2, -0.15) is 0 Å². The summed E-state index contributed by atoms with van der Waals surface area (Å²) in [6, 6.07) is 4.97. The van der Waals surface area contributed by atoms with Crippen LogP contribution in [0.4, 0.5) is 5.82 Å². The Balaban J connectivity index is 1.79. The number of rotatable bonds is 7. The molecule has 0 amide bonds. The Labute approximate surface area is 195 Å². The van der Waals surface area contributed by atoms with Crippen LogP contribution in [0.2, 0.25) is 0 Å². The summed E-state index contributed by atoms with van der Waals surface area (Å²) < 4.78 is 33.5. The van der Waals surface area contributed by atoms with Crippen LogP contribution in [0.3, 0.4) is 0 Å². The number of Topliss-reactive ketones (excluding diaryl/α,β-unsaturated/α-hetero) is 1. The molecule has 0 spiro atoms. The lowest BCUT2D eigenvalue weighted by Gasteiger charge is -2.16. The van der Waals surface area contributed by atoms with Crippen molar-refractivity contribution in [1.82, 2.24) is 13.9 Å². The number of nitrogen functional groups attached to an aromatic ring is 1. The molecule has 3 N–H and O–H groups in total. The summed E-state index contributed by atoms with van der Waals surface area (Å²) in [5.74, 6) is -2.11. The Morgan fingerprint density at radius 3 is 2.47 bits per heavy atom. The minimum absolute atomic E-state index is 0.0105. The van der Waals surface area contributed by atoms with Crippen molar-refractivity contribution in [3.05, 3.63) is 56.2 Å². The molecule has 1 aromatic carbocycles. The van der Waals surface area contributed by atoms with Crippen molar-refractivity contribution in [3.8, 4) is 0 Å². The smallest absolute Gasteiger partial charge is 0.332 e. The molecule has 2 aromatic rings. The number of nitrogens with two attached hydrogens (primary N) is 1. The van der Waals surface area contributed by atoms with Gasteiger partial charge < -0.3 is 10.5 Å². The SMILES string of the molecule is CC(C)Cn1c(N)c(C(=O)COC(=O)[C@@H](C)N=C2NS(=O)(=O)c3ccccc32)c(=O)n(C)c1=O. The van der Waals surface area contributed by atoms with Crippen LogP contribution in [-0.4, -0.2) is 47.8 Å². The third kappa shape index (κ3) is 4.64. The Kier molecular flexibility index (Phi) is 6.77. The lowest BCUT2D eigenvalue weighted by molar-refractivity contribution is -0.143. The number of hydrogen-bond acceptors (Lipinski definition) is 9. The molecule has 0 bridgehead atoms. The second kappa shape index (κ2) is 9.25. The number of nitrogens with zero attached hydrogens (tertiary/aromatic N) is 3. The summed E-state index contributed by atoms with van der Waals surface area (Å²) in [6.07, 6.45) is 0. The number of nitrogens with one attached hydrogen (secondary N) is 1. The lowest BCUT2D eigenvalue weighted by Crippen LogP contribution is -2.43. The maximum atomic E-state index is 12.7. The van der Waals surface area contributed by atoms with Gasteiger partial charge in [0.05, 0.1) is 4.90 Å². The first kappa shape index (κ1) is 24.9. The van der Waals surface area contributed by atoms with Crippen LogP contribution < -0.4 is 21.7 Å². The van der Waals surface area contributed by atoms with Crippen molar-refractivity contribution in [2.45, 2.75) is 38.3 Å². The van der Waals surface area contributed by atoms with Gasteiger partial charge in [-0.25, -0.2) is 18.0 Å². The predicted octanol–water partition coefficient (Wildman–Crippen LogP) is -0.362.